The molecule has 0 bridgehead atoms. The molecule has 1 amide bonds. The van der Waals surface area contributed by atoms with Gasteiger partial charge < -0.3 is 4.74 Å². The van der Waals surface area contributed by atoms with E-state index in [-0.39, 0.29) is 19.2 Å². The van der Waals surface area contributed by atoms with Crippen LogP contribution in [0.3, 0.4) is 0 Å². The zero-order chi connectivity index (χ0) is 10.1. The molecule has 1 aliphatic heterocycles. The number of carbonyl (C=O) groups is 1. The largest absolute Gasteiger partial charge is 0.447 e. The summed E-state index contributed by atoms with van der Waals surface area (Å²) < 4.78 is 30.2. The van der Waals surface area contributed by atoms with Gasteiger partial charge in [0.25, 0.3) is 0 Å². The van der Waals surface area contributed by atoms with E-state index in [9.17, 15) is 13.2 Å². The van der Waals surface area contributed by atoms with Crippen LogP contribution in [-0.4, -0.2) is 38.0 Å². The van der Waals surface area contributed by atoms with Crippen LogP contribution >= 0.6 is 0 Å². The highest BCUT2D eigenvalue weighted by Crippen LogP contribution is 2.08. The van der Waals surface area contributed by atoms with Gasteiger partial charge >= 0.3 is 16.3 Å². The highest BCUT2D eigenvalue weighted by molar-refractivity contribution is 7.87. The van der Waals surface area contributed by atoms with Gasteiger partial charge in [0.2, 0.25) is 0 Å². The lowest BCUT2D eigenvalue weighted by molar-refractivity contribution is 0.169. The molecule has 1 saturated heterocycles. The van der Waals surface area contributed by atoms with Gasteiger partial charge in [0.15, 0.2) is 0 Å². The zero-order valence-electron chi connectivity index (χ0n) is 7.48. The fourth-order valence-electron chi connectivity index (χ4n) is 0.959. The van der Waals surface area contributed by atoms with Crippen LogP contribution in [0.4, 0.5) is 4.79 Å². The molecule has 1 heterocycles. The lowest BCUT2D eigenvalue weighted by Gasteiger charge is -2.15. The Morgan fingerprint density at radius 1 is 1.54 bits per heavy atom. The number of hydrogen-bond donors (Lipinski definition) is 1. The minimum absolute atomic E-state index is 0.0842. The topological polar surface area (TPSA) is 75.7 Å². The summed E-state index contributed by atoms with van der Waals surface area (Å²) in [6.07, 6.45) is -0.812. The van der Waals surface area contributed by atoms with Gasteiger partial charge in [0.05, 0.1) is 6.54 Å². The molecule has 1 aliphatic rings. The lowest BCUT2D eigenvalue weighted by Crippen LogP contribution is -2.43. The van der Waals surface area contributed by atoms with E-state index in [2.05, 4.69) is 9.46 Å². The van der Waals surface area contributed by atoms with Gasteiger partial charge in [-0.2, -0.15) is 17.4 Å². The van der Waals surface area contributed by atoms with E-state index in [1.165, 1.54) is 0 Å². The van der Waals surface area contributed by atoms with Crippen LogP contribution in [0, 0.1) is 0 Å². The van der Waals surface area contributed by atoms with Gasteiger partial charge in [0, 0.05) is 6.04 Å². The van der Waals surface area contributed by atoms with Gasteiger partial charge in [-0.3, -0.25) is 0 Å². The fourth-order valence-corrected chi connectivity index (χ4v) is 2.25. The molecule has 76 valence electrons. The van der Waals surface area contributed by atoms with Crippen LogP contribution in [0.25, 0.3) is 0 Å². The molecule has 13 heavy (non-hydrogen) atoms. The first-order valence-corrected chi connectivity index (χ1v) is 5.34. The smallest absolute Gasteiger partial charge is 0.424 e. The number of ether oxygens (including phenoxy) is 1. The van der Waals surface area contributed by atoms with Crippen LogP contribution in [0.5, 0.6) is 0 Å². The van der Waals surface area contributed by atoms with Crippen LogP contribution in [0.1, 0.15) is 13.8 Å². The number of carbonyl (C=O) groups excluding carboxylic acids is 1. The second-order valence-electron chi connectivity index (χ2n) is 2.96. The molecule has 0 atom stereocenters. The average molecular weight is 208 g/mol. The standard InChI is InChI=1S/C6H12N2O4S/c1-5(2)7-13(10,11)8-3-4-12-6(8)9/h5,7H,3-4H2,1-2H3. The van der Waals surface area contributed by atoms with Crippen molar-refractivity contribution in [1.82, 2.24) is 9.03 Å². The van der Waals surface area contributed by atoms with Crippen molar-refractivity contribution in [3.05, 3.63) is 0 Å². The first kappa shape index (κ1) is 10.3. The molecular formula is C6H12N2O4S. The Hall–Kier alpha value is -0.820. The third-order valence-electron chi connectivity index (χ3n) is 1.40. The normalized spacial score (nSPS) is 18.1. The van der Waals surface area contributed by atoms with E-state index in [4.69, 9.17) is 0 Å². The predicted molar refractivity (Wildman–Crippen MR) is 45.2 cm³/mol. The zero-order valence-corrected chi connectivity index (χ0v) is 8.30. The predicted octanol–water partition coefficient (Wildman–Crippen LogP) is -0.319. The molecule has 1 fully saturated rings. The van der Waals surface area contributed by atoms with E-state index >= 15 is 0 Å². The highest BCUT2D eigenvalue weighted by Gasteiger charge is 2.33. The molecular weight excluding hydrogens is 196 g/mol. The maximum atomic E-state index is 11.4. The minimum atomic E-state index is -3.70. The van der Waals surface area contributed by atoms with E-state index in [0.717, 1.165) is 0 Å². The second-order valence-corrected chi connectivity index (χ2v) is 4.59. The summed E-state index contributed by atoms with van der Waals surface area (Å²) in [5.41, 5.74) is 0. The number of nitrogens with one attached hydrogen (secondary N) is 1. The molecule has 1 rings (SSSR count). The van der Waals surface area contributed by atoms with Crippen LogP contribution in [0.2, 0.25) is 0 Å². The fraction of sp³-hybridized carbons (Fsp3) is 0.833. The molecule has 0 aromatic heterocycles. The lowest BCUT2D eigenvalue weighted by atomic mass is 10.4. The molecule has 7 heteroatoms. The quantitative estimate of drug-likeness (QED) is 0.689. The molecule has 1 N–H and O–H groups in total. The van der Waals surface area contributed by atoms with Gasteiger partial charge in [-0.05, 0) is 13.8 Å². The van der Waals surface area contributed by atoms with Gasteiger partial charge in [-0.15, -0.1) is 0 Å². The molecule has 0 aromatic rings. The summed E-state index contributed by atoms with van der Waals surface area (Å²) >= 11 is 0. The van der Waals surface area contributed by atoms with Crippen LogP contribution in [-0.2, 0) is 14.9 Å². The Bertz CT molecular complexity index is 298. The van der Waals surface area contributed by atoms with Crippen molar-refractivity contribution >= 4 is 16.3 Å². The van der Waals surface area contributed by atoms with Gasteiger partial charge in [0.1, 0.15) is 6.61 Å². The molecule has 0 aliphatic carbocycles. The third-order valence-corrected chi connectivity index (χ3v) is 3.08. The van der Waals surface area contributed by atoms with Crippen molar-refractivity contribution in [2.45, 2.75) is 19.9 Å². The average Bonchev–Trinajstić information content (AvgIpc) is 2.32. The Kier molecular flexibility index (Phi) is 2.77. The van der Waals surface area contributed by atoms with Crippen molar-refractivity contribution < 1.29 is 17.9 Å². The molecule has 0 radical (unpaired) electrons. The van der Waals surface area contributed by atoms with Gasteiger partial charge in [-0.25, -0.2) is 4.79 Å². The van der Waals surface area contributed by atoms with E-state index in [1.54, 1.807) is 13.8 Å². The molecule has 6 nitrogen and oxygen atoms in total. The van der Waals surface area contributed by atoms with Crippen molar-refractivity contribution in [2.75, 3.05) is 13.2 Å². The minimum Gasteiger partial charge on any atom is -0.447 e. The number of amides is 1. The maximum Gasteiger partial charge on any atom is 0.424 e. The highest BCUT2D eigenvalue weighted by atomic mass is 32.2. The van der Waals surface area contributed by atoms with Crippen molar-refractivity contribution in [1.29, 1.82) is 0 Å². The number of hydrogen-bond acceptors (Lipinski definition) is 4. The molecule has 0 unspecified atom stereocenters. The monoisotopic (exact) mass is 208 g/mol. The number of nitrogens with zero attached hydrogens (tertiary/aromatic N) is 1. The summed E-state index contributed by atoms with van der Waals surface area (Å²) in [6.45, 7) is 3.57. The molecule has 0 aromatic carbocycles. The van der Waals surface area contributed by atoms with Crippen LogP contribution in [0.15, 0.2) is 0 Å². The van der Waals surface area contributed by atoms with E-state index < -0.39 is 16.3 Å². The van der Waals surface area contributed by atoms with Crippen molar-refractivity contribution in [2.24, 2.45) is 0 Å². The van der Waals surface area contributed by atoms with Crippen molar-refractivity contribution in [3.63, 3.8) is 0 Å². The summed E-state index contributed by atoms with van der Waals surface area (Å²) in [5, 5.41) is 0. The third kappa shape index (κ3) is 2.31. The Morgan fingerprint density at radius 2 is 2.15 bits per heavy atom. The van der Waals surface area contributed by atoms with Crippen molar-refractivity contribution in [3.8, 4) is 0 Å². The van der Waals surface area contributed by atoms with Crippen LogP contribution < -0.4 is 4.72 Å². The number of cyclic esters (lactones) is 1. The number of rotatable bonds is 3. The molecule has 0 spiro atoms. The first-order chi connectivity index (χ1) is 5.93. The summed E-state index contributed by atoms with van der Waals surface area (Å²) in [4.78, 5) is 10.9. The van der Waals surface area contributed by atoms with E-state index in [0.29, 0.717) is 4.31 Å². The maximum absolute atomic E-state index is 11.4. The van der Waals surface area contributed by atoms with E-state index in [1.807, 2.05) is 0 Å². The second kappa shape index (κ2) is 3.51. The Balaban J connectivity index is 2.75. The summed E-state index contributed by atoms with van der Waals surface area (Å²) in [7, 11) is -3.70. The Morgan fingerprint density at radius 3 is 2.54 bits per heavy atom. The summed E-state index contributed by atoms with van der Waals surface area (Å²) in [5.74, 6) is 0. The summed E-state index contributed by atoms with van der Waals surface area (Å²) in [6, 6.07) is -0.238. The van der Waals surface area contributed by atoms with Gasteiger partial charge in [-0.1, -0.05) is 0 Å². The first-order valence-electron chi connectivity index (χ1n) is 3.90. The SMILES string of the molecule is CC(C)NS(=O)(=O)N1CCOC1=O. The molecule has 0 saturated carbocycles. The Labute approximate surface area is 77.0 Å².